The first-order valence-electron chi connectivity index (χ1n) is 8.43. The van der Waals surface area contributed by atoms with Crippen molar-refractivity contribution in [3.05, 3.63) is 30.2 Å². The van der Waals surface area contributed by atoms with Crippen LogP contribution in [-0.4, -0.2) is 37.3 Å². The Labute approximate surface area is 133 Å². The van der Waals surface area contributed by atoms with Gasteiger partial charge in [0.1, 0.15) is 5.56 Å². The number of hydrogen-bond acceptors (Lipinski definition) is 4. The van der Waals surface area contributed by atoms with E-state index in [0.29, 0.717) is 29.0 Å². The van der Waals surface area contributed by atoms with Gasteiger partial charge in [-0.25, -0.2) is 9.50 Å². The van der Waals surface area contributed by atoms with E-state index >= 15 is 0 Å². The molecule has 0 aromatic carbocycles. The third-order valence-electron chi connectivity index (χ3n) is 6.06. The molecule has 2 atom stereocenters. The van der Waals surface area contributed by atoms with Crippen molar-refractivity contribution in [1.82, 2.24) is 19.9 Å². The molecule has 4 bridgehead atoms. The lowest BCUT2D eigenvalue weighted by atomic mass is 9.52. The minimum absolute atomic E-state index is 0.0943. The highest BCUT2D eigenvalue weighted by molar-refractivity contribution is 5.99. The van der Waals surface area contributed by atoms with Gasteiger partial charge in [-0.05, 0) is 55.9 Å². The molecule has 4 aliphatic carbocycles. The predicted octanol–water partition coefficient (Wildman–Crippen LogP) is 1.40. The van der Waals surface area contributed by atoms with E-state index in [-0.39, 0.29) is 11.9 Å². The molecule has 23 heavy (non-hydrogen) atoms. The van der Waals surface area contributed by atoms with Crippen LogP contribution in [0.1, 0.15) is 42.5 Å². The van der Waals surface area contributed by atoms with E-state index in [4.69, 9.17) is 0 Å². The molecule has 6 rings (SSSR count). The lowest BCUT2D eigenvalue weighted by Gasteiger charge is -2.58. The number of rotatable bonds is 2. The van der Waals surface area contributed by atoms with Gasteiger partial charge in [-0.3, -0.25) is 4.79 Å². The molecule has 4 saturated carbocycles. The first-order valence-corrected chi connectivity index (χ1v) is 8.43. The molecule has 2 unspecified atom stereocenters. The van der Waals surface area contributed by atoms with Gasteiger partial charge in [-0.1, -0.05) is 0 Å². The average Bonchev–Trinajstić information content (AvgIpc) is 2.93. The highest BCUT2D eigenvalue weighted by Crippen LogP contribution is 2.55. The second kappa shape index (κ2) is 4.54. The summed E-state index contributed by atoms with van der Waals surface area (Å²) in [5.41, 5.74) is 0.648. The monoisotopic (exact) mass is 312 g/mol. The fraction of sp³-hybridized carbons (Fsp3) is 0.588. The van der Waals surface area contributed by atoms with Gasteiger partial charge in [0.2, 0.25) is 0 Å². The highest BCUT2D eigenvalue weighted by Gasteiger charge is 2.55. The quantitative estimate of drug-likeness (QED) is 0.878. The molecule has 120 valence electrons. The number of carbonyl (C=O) groups excluding carboxylic acids is 1. The van der Waals surface area contributed by atoms with Crippen LogP contribution in [-0.2, 0) is 0 Å². The number of hydrogen-bond donors (Lipinski definition) is 2. The Hall–Kier alpha value is -1.95. The van der Waals surface area contributed by atoms with E-state index in [2.05, 4.69) is 15.4 Å². The zero-order chi connectivity index (χ0) is 15.6. The maximum atomic E-state index is 12.7. The summed E-state index contributed by atoms with van der Waals surface area (Å²) in [6.07, 6.45) is 9.94. The van der Waals surface area contributed by atoms with Crippen molar-refractivity contribution < 1.29 is 9.90 Å². The minimum Gasteiger partial charge on any atom is -0.390 e. The van der Waals surface area contributed by atoms with Gasteiger partial charge in [0, 0.05) is 18.4 Å². The topological polar surface area (TPSA) is 79.5 Å². The van der Waals surface area contributed by atoms with E-state index < -0.39 is 5.60 Å². The molecule has 6 nitrogen and oxygen atoms in total. The summed E-state index contributed by atoms with van der Waals surface area (Å²) in [6.45, 7) is 0. The summed E-state index contributed by atoms with van der Waals surface area (Å²) in [5, 5.41) is 18.1. The van der Waals surface area contributed by atoms with Gasteiger partial charge in [0.25, 0.3) is 5.91 Å². The molecule has 0 spiro atoms. The zero-order valence-corrected chi connectivity index (χ0v) is 12.9. The third-order valence-corrected chi connectivity index (χ3v) is 6.06. The second-order valence-corrected chi connectivity index (χ2v) is 7.64. The van der Waals surface area contributed by atoms with Gasteiger partial charge >= 0.3 is 0 Å². The molecular formula is C17H20N4O2. The fourth-order valence-electron chi connectivity index (χ4n) is 5.43. The molecule has 0 saturated heterocycles. The van der Waals surface area contributed by atoms with Crippen LogP contribution in [0.2, 0.25) is 0 Å². The van der Waals surface area contributed by atoms with E-state index in [1.807, 2.05) is 0 Å². The molecular weight excluding hydrogens is 292 g/mol. The van der Waals surface area contributed by atoms with Crippen molar-refractivity contribution in [2.45, 2.75) is 43.7 Å². The Bertz CT molecular complexity index is 770. The molecule has 2 aromatic heterocycles. The van der Waals surface area contributed by atoms with Crippen LogP contribution >= 0.6 is 0 Å². The van der Waals surface area contributed by atoms with E-state index in [1.165, 1.54) is 0 Å². The summed E-state index contributed by atoms with van der Waals surface area (Å²) < 4.78 is 1.62. The molecule has 2 N–H and O–H groups in total. The fourth-order valence-corrected chi connectivity index (χ4v) is 5.43. The van der Waals surface area contributed by atoms with Gasteiger partial charge in [-0.2, -0.15) is 5.10 Å². The van der Waals surface area contributed by atoms with Gasteiger partial charge in [0.05, 0.1) is 11.8 Å². The molecule has 2 heterocycles. The molecule has 4 fully saturated rings. The Morgan fingerprint density at radius 3 is 2.83 bits per heavy atom. The van der Waals surface area contributed by atoms with Crippen molar-refractivity contribution in [3.63, 3.8) is 0 Å². The molecule has 1 amide bonds. The summed E-state index contributed by atoms with van der Waals surface area (Å²) in [7, 11) is 0. The number of amides is 1. The number of fused-ring (bicyclic) bond motifs is 1. The Morgan fingerprint density at radius 1 is 1.30 bits per heavy atom. The van der Waals surface area contributed by atoms with Gasteiger partial charge < -0.3 is 10.4 Å². The second-order valence-electron chi connectivity index (χ2n) is 7.64. The first kappa shape index (κ1) is 13.5. The maximum Gasteiger partial charge on any atom is 0.257 e. The van der Waals surface area contributed by atoms with Crippen LogP contribution in [0.15, 0.2) is 24.7 Å². The smallest absolute Gasteiger partial charge is 0.257 e. The Morgan fingerprint density at radius 2 is 2.09 bits per heavy atom. The van der Waals surface area contributed by atoms with Crippen molar-refractivity contribution >= 4 is 11.6 Å². The Balaban J connectivity index is 1.41. The number of nitrogens with one attached hydrogen (secondary N) is 1. The van der Waals surface area contributed by atoms with E-state index in [1.54, 1.807) is 29.2 Å². The predicted molar refractivity (Wildman–Crippen MR) is 82.7 cm³/mol. The average molecular weight is 312 g/mol. The van der Waals surface area contributed by atoms with Crippen LogP contribution in [0.4, 0.5) is 0 Å². The normalized spacial score (nSPS) is 38.1. The molecule has 0 aliphatic heterocycles. The largest absolute Gasteiger partial charge is 0.390 e. The third kappa shape index (κ3) is 2.01. The first-order chi connectivity index (χ1) is 11.1. The molecule has 6 heteroatoms. The number of aliphatic hydroxyl groups is 1. The molecule has 0 radical (unpaired) electrons. The summed E-state index contributed by atoms with van der Waals surface area (Å²) >= 11 is 0. The number of nitrogens with zero attached hydrogens (tertiary/aromatic N) is 3. The molecule has 4 aliphatic rings. The SMILES string of the molecule is O=C(NC1C2CC3CC1CC(O)(C3)C2)c1cnn2cccnc12. The van der Waals surface area contributed by atoms with E-state index in [9.17, 15) is 9.90 Å². The van der Waals surface area contributed by atoms with Crippen molar-refractivity contribution in [2.75, 3.05) is 0 Å². The van der Waals surface area contributed by atoms with Crippen LogP contribution in [0.5, 0.6) is 0 Å². The summed E-state index contributed by atoms with van der Waals surface area (Å²) in [6, 6.07) is 1.97. The zero-order valence-electron chi connectivity index (χ0n) is 12.9. The lowest BCUT2D eigenvalue weighted by molar-refractivity contribution is -0.136. The van der Waals surface area contributed by atoms with Crippen LogP contribution in [0.25, 0.3) is 5.65 Å². The van der Waals surface area contributed by atoms with Gasteiger partial charge in [-0.15, -0.1) is 0 Å². The van der Waals surface area contributed by atoms with Crippen LogP contribution in [0, 0.1) is 17.8 Å². The lowest BCUT2D eigenvalue weighted by Crippen LogP contribution is -2.61. The minimum atomic E-state index is -0.469. The number of aromatic nitrogens is 3. The van der Waals surface area contributed by atoms with Crippen molar-refractivity contribution in [2.24, 2.45) is 17.8 Å². The standard InChI is InChI=1S/C17H20N4O2/c22-16(13-9-19-21-3-1-2-18-15(13)21)20-14-11-4-10-5-12(14)8-17(23,6-10)7-11/h1-3,9-12,14,23H,4-8H2,(H,20,22). The molecule has 2 aromatic rings. The van der Waals surface area contributed by atoms with Crippen molar-refractivity contribution in [1.29, 1.82) is 0 Å². The maximum absolute atomic E-state index is 12.7. The summed E-state index contributed by atoms with van der Waals surface area (Å²) in [5.74, 6) is 1.36. The van der Waals surface area contributed by atoms with Crippen molar-refractivity contribution in [3.8, 4) is 0 Å². The van der Waals surface area contributed by atoms with E-state index in [0.717, 1.165) is 32.1 Å². The van der Waals surface area contributed by atoms with Gasteiger partial charge in [0.15, 0.2) is 5.65 Å². The summed E-state index contributed by atoms with van der Waals surface area (Å²) in [4.78, 5) is 17.0. The highest BCUT2D eigenvalue weighted by atomic mass is 16.3. The van der Waals surface area contributed by atoms with Crippen LogP contribution in [0.3, 0.4) is 0 Å². The van der Waals surface area contributed by atoms with Crippen LogP contribution < -0.4 is 5.32 Å². The Kier molecular flexibility index (Phi) is 2.66. The number of carbonyl (C=O) groups is 1.